The van der Waals surface area contributed by atoms with Crippen LogP contribution in [0.5, 0.6) is 0 Å². The van der Waals surface area contributed by atoms with Gasteiger partial charge in [-0.25, -0.2) is 4.79 Å². The lowest BCUT2D eigenvalue weighted by molar-refractivity contribution is -0.119. The molecule has 2 aromatic rings. The number of ether oxygens (including phenoxy) is 1. The van der Waals surface area contributed by atoms with Crippen LogP contribution in [0.3, 0.4) is 0 Å². The summed E-state index contributed by atoms with van der Waals surface area (Å²) in [6.07, 6.45) is 3.29. The van der Waals surface area contributed by atoms with E-state index >= 15 is 0 Å². The zero-order valence-corrected chi connectivity index (χ0v) is 13.1. The van der Waals surface area contributed by atoms with Crippen LogP contribution in [0.2, 0.25) is 0 Å². The molecule has 0 radical (unpaired) electrons. The molecule has 0 saturated carbocycles. The van der Waals surface area contributed by atoms with E-state index in [1.54, 1.807) is 13.8 Å². The third-order valence-corrected chi connectivity index (χ3v) is 3.95. The van der Waals surface area contributed by atoms with Crippen molar-refractivity contribution in [1.82, 2.24) is 5.16 Å². The number of nitrogens with one attached hydrogen (secondary N) is 1. The van der Waals surface area contributed by atoms with E-state index in [-0.39, 0.29) is 18.1 Å². The second-order valence-electron chi connectivity index (χ2n) is 5.66. The molecule has 1 aromatic carbocycles. The van der Waals surface area contributed by atoms with Gasteiger partial charge in [0.1, 0.15) is 11.3 Å². The largest absolute Gasteiger partial charge is 0.452 e. The summed E-state index contributed by atoms with van der Waals surface area (Å²) < 4.78 is 9.93. The first kappa shape index (κ1) is 15.3. The zero-order chi connectivity index (χ0) is 16.4. The van der Waals surface area contributed by atoms with Crippen molar-refractivity contribution in [3.8, 4) is 0 Å². The Morgan fingerprint density at radius 1 is 1.26 bits per heavy atom. The Morgan fingerprint density at radius 2 is 2.04 bits per heavy atom. The molecule has 0 aliphatic heterocycles. The highest BCUT2D eigenvalue weighted by molar-refractivity contribution is 5.96. The first-order valence-electron chi connectivity index (χ1n) is 7.56. The maximum atomic E-state index is 12.0. The molecule has 120 valence electrons. The van der Waals surface area contributed by atoms with Crippen molar-refractivity contribution in [3.63, 3.8) is 0 Å². The number of fused-ring (bicyclic) bond motifs is 1. The van der Waals surface area contributed by atoms with Gasteiger partial charge in [0.05, 0.1) is 5.69 Å². The molecule has 1 amide bonds. The van der Waals surface area contributed by atoms with E-state index in [2.05, 4.69) is 10.5 Å². The van der Waals surface area contributed by atoms with E-state index in [4.69, 9.17) is 9.26 Å². The van der Waals surface area contributed by atoms with Gasteiger partial charge in [-0.1, -0.05) is 11.2 Å². The van der Waals surface area contributed by atoms with Crippen molar-refractivity contribution in [1.29, 1.82) is 0 Å². The van der Waals surface area contributed by atoms with Gasteiger partial charge in [0.2, 0.25) is 0 Å². The molecule has 0 atom stereocenters. The Hall–Kier alpha value is -2.63. The van der Waals surface area contributed by atoms with E-state index in [0.29, 0.717) is 11.5 Å². The van der Waals surface area contributed by atoms with Gasteiger partial charge in [0.25, 0.3) is 5.91 Å². The molecule has 6 nitrogen and oxygen atoms in total. The number of benzene rings is 1. The van der Waals surface area contributed by atoms with Crippen LogP contribution in [0.25, 0.3) is 0 Å². The van der Waals surface area contributed by atoms with Crippen molar-refractivity contribution >= 4 is 17.6 Å². The number of rotatable bonds is 4. The predicted molar refractivity (Wildman–Crippen MR) is 83.4 cm³/mol. The molecule has 0 saturated heterocycles. The molecule has 1 heterocycles. The minimum Gasteiger partial charge on any atom is -0.452 e. The normalized spacial score (nSPS) is 12.8. The lowest BCUT2D eigenvalue weighted by Gasteiger charge is -2.08. The smallest absolute Gasteiger partial charge is 0.344 e. The number of anilines is 1. The molecule has 1 N–H and O–H groups in total. The van der Waals surface area contributed by atoms with Gasteiger partial charge < -0.3 is 14.6 Å². The number of aryl methyl sites for hydroxylation is 4. The van der Waals surface area contributed by atoms with Crippen molar-refractivity contribution in [2.45, 2.75) is 33.1 Å². The van der Waals surface area contributed by atoms with E-state index < -0.39 is 5.97 Å². The molecule has 0 fully saturated rings. The van der Waals surface area contributed by atoms with Gasteiger partial charge >= 0.3 is 5.97 Å². The third kappa shape index (κ3) is 3.26. The van der Waals surface area contributed by atoms with E-state index in [9.17, 15) is 9.59 Å². The van der Waals surface area contributed by atoms with Gasteiger partial charge in [-0.3, -0.25) is 4.79 Å². The maximum Gasteiger partial charge on any atom is 0.344 e. The molecule has 1 aliphatic rings. The Bertz CT molecular complexity index is 744. The minimum absolute atomic E-state index is 0.273. The molecule has 0 bridgehead atoms. The van der Waals surface area contributed by atoms with E-state index in [0.717, 1.165) is 24.9 Å². The zero-order valence-electron chi connectivity index (χ0n) is 13.1. The molecule has 1 aromatic heterocycles. The quantitative estimate of drug-likeness (QED) is 0.877. The monoisotopic (exact) mass is 314 g/mol. The second-order valence-corrected chi connectivity index (χ2v) is 5.66. The van der Waals surface area contributed by atoms with Crippen LogP contribution in [0, 0.1) is 13.8 Å². The first-order chi connectivity index (χ1) is 11.0. The van der Waals surface area contributed by atoms with Crippen LogP contribution in [0.15, 0.2) is 22.7 Å². The SMILES string of the molecule is Cc1noc(C)c1C(=O)OCC(=O)Nc1ccc2c(c1)CCC2. The number of aromatic nitrogens is 1. The van der Waals surface area contributed by atoms with E-state index in [1.165, 1.54) is 11.1 Å². The summed E-state index contributed by atoms with van der Waals surface area (Å²) in [4.78, 5) is 23.9. The topological polar surface area (TPSA) is 81.4 Å². The predicted octanol–water partition coefficient (Wildman–Crippen LogP) is 2.58. The number of hydrogen-bond donors (Lipinski definition) is 1. The minimum atomic E-state index is -0.606. The molecule has 0 unspecified atom stereocenters. The Kier molecular flexibility index (Phi) is 4.14. The first-order valence-corrected chi connectivity index (χ1v) is 7.56. The van der Waals surface area contributed by atoms with Crippen LogP contribution < -0.4 is 5.32 Å². The Morgan fingerprint density at radius 3 is 2.78 bits per heavy atom. The third-order valence-electron chi connectivity index (χ3n) is 3.95. The summed E-state index contributed by atoms with van der Waals surface area (Å²) >= 11 is 0. The fourth-order valence-corrected chi connectivity index (χ4v) is 2.82. The van der Waals surface area contributed by atoms with Crippen LogP contribution >= 0.6 is 0 Å². The molecule has 0 spiro atoms. The van der Waals surface area contributed by atoms with Gasteiger partial charge in [-0.05, 0) is 56.4 Å². The number of nitrogens with zero attached hydrogens (tertiary/aromatic N) is 1. The van der Waals surface area contributed by atoms with Crippen LogP contribution in [-0.2, 0) is 22.4 Å². The average molecular weight is 314 g/mol. The standard InChI is InChI=1S/C17H18N2O4/c1-10-16(11(2)23-19-10)17(21)22-9-15(20)18-14-7-6-12-4-3-5-13(12)8-14/h6-8H,3-5,9H2,1-2H3,(H,18,20). The van der Waals surface area contributed by atoms with Gasteiger partial charge in [0, 0.05) is 5.69 Å². The summed E-state index contributed by atoms with van der Waals surface area (Å²) in [7, 11) is 0. The van der Waals surface area contributed by atoms with Crippen molar-refractivity contribution in [3.05, 3.63) is 46.3 Å². The van der Waals surface area contributed by atoms with Crippen molar-refractivity contribution < 1.29 is 18.8 Å². The summed E-state index contributed by atoms with van der Waals surface area (Å²) in [5, 5.41) is 6.44. The fourth-order valence-electron chi connectivity index (χ4n) is 2.82. The molecular formula is C17H18N2O4. The summed E-state index contributed by atoms with van der Waals surface area (Å²) in [5.41, 5.74) is 4.06. The van der Waals surface area contributed by atoms with Crippen LogP contribution in [-0.4, -0.2) is 23.6 Å². The lowest BCUT2D eigenvalue weighted by Crippen LogP contribution is -2.21. The summed E-state index contributed by atoms with van der Waals surface area (Å²) in [6, 6.07) is 5.89. The van der Waals surface area contributed by atoms with Crippen molar-refractivity contribution in [2.75, 3.05) is 11.9 Å². The number of carbonyl (C=O) groups excluding carboxylic acids is 2. The molecule has 6 heteroatoms. The van der Waals surface area contributed by atoms with Crippen LogP contribution in [0.4, 0.5) is 5.69 Å². The molecule has 3 rings (SSSR count). The van der Waals surface area contributed by atoms with Gasteiger partial charge in [-0.2, -0.15) is 0 Å². The molecule has 1 aliphatic carbocycles. The van der Waals surface area contributed by atoms with Gasteiger partial charge in [0.15, 0.2) is 6.61 Å². The number of hydrogen-bond acceptors (Lipinski definition) is 5. The highest BCUT2D eigenvalue weighted by Crippen LogP contribution is 2.24. The number of esters is 1. The Balaban J connectivity index is 1.57. The summed E-state index contributed by atoms with van der Waals surface area (Å²) in [5.74, 6) is -0.597. The number of carbonyl (C=O) groups is 2. The van der Waals surface area contributed by atoms with E-state index in [1.807, 2.05) is 18.2 Å². The van der Waals surface area contributed by atoms with Crippen LogP contribution in [0.1, 0.15) is 39.4 Å². The number of amides is 1. The fraction of sp³-hybridized carbons (Fsp3) is 0.353. The molecular weight excluding hydrogens is 296 g/mol. The van der Waals surface area contributed by atoms with Crippen molar-refractivity contribution in [2.24, 2.45) is 0 Å². The lowest BCUT2D eigenvalue weighted by atomic mass is 10.1. The Labute approximate surface area is 133 Å². The second kappa shape index (κ2) is 6.24. The highest BCUT2D eigenvalue weighted by Gasteiger charge is 2.20. The average Bonchev–Trinajstić information content (AvgIpc) is 3.11. The summed E-state index contributed by atoms with van der Waals surface area (Å²) in [6.45, 7) is 2.93. The maximum absolute atomic E-state index is 12.0. The highest BCUT2D eigenvalue weighted by atomic mass is 16.5. The van der Waals surface area contributed by atoms with Gasteiger partial charge in [-0.15, -0.1) is 0 Å². The molecule has 23 heavy (non-hydrogen) atoms.